The van der Waals surface area contributed by atoms with Crippen LogP contribution in [0.25, 0.3) is 11.0 Å². The zero-order valence-corrected chi connectivity index (χ0v) is 17.1. The Labute approximate surface area is 177 Å². The van der Waals surface area contributed by atoms with Gasteiger partial charge in [-0.1, -0.05) is 0 Å². The van der Waals surface area contributed by atoms with Gasteiger partial charge in [0.25, 0.3) is 5.56 Å². The van der Waals surface area contributed by atoms with Crippen LogP contribution in [0, 0.1) is 0 Å². The lowest BCUT2D eigenvalue weighted by atomic mass is 10.2. The second kappa shape index (κ2) is 8.90. The van der Waals surface area contributed by atoms with E-state index < -0.39 is 11.9 Å². The number of rotatable bonds is 6. The number of amides is 1. The summed E-state index contributed by atoms with van der Waals surface area (Å²) in [6, 6.07) is 6.32. The molecule has 2 aromatic heterocycles. The van der Waals surface area contributed by atoms with Crippen molar-refractivity contribution in [3.05, 3.63) is 52.7 Å². The van der Waals surface area contributed by atoms with Crippen molar-refractivity contribution in [1.82, 2.24) is 19.5 Å². The summed E-state index contributed by atoms with van der Waals surface area (Å²) in [5, 5.41) is 2.95. The molecule has 0 unspecified atom stereocenters. The number of carbonyl (C=O) groups excluding carboxylic acids is 2. The molecule has 1 fully saturated rings. The van der Waals surface area contributed by atoms with Gasteiger partial charge in [0, 0.05) is 25.0 Å². The Kier molecular flexibility index (Phi) is 5.87. The minimum Gasteiger partial charge on any atom is -0.462 e. The van der Waals surface area contributed by atoms with Crippen molar-refractivity contribution in [2.75, 3.05) is 29.9 Å². The average molecular weight is 422 g/mol. The number of nitrogens with one attached hydrogen (secondary N) is 1. The first kappa shape index (κ1) is 20.5. The third kappa shape index (κ3) is 4.52. The Balaban J connectivity index is 1.45. The van der Waals surface area contributed by atoms with E-state index in [2.05, 4.69) is 25.2 Å². The highest BCUT2D eigenvalue weighted by Crippen LogP contribution is 2.16. The van der Waals surface area contributed by atoms with Gasteiger partial charge in [-0.2, -0.15) is 4.98 Å². The second-order valence-corrected chi connectivity index (χ2v) is 7.13. The summed E-state index contributed by atoms with van der Waals surface area (Å²) in [4.78, 5) is 51.8. The van der Waals surface area contributed by atoms with Gasteiger partial charge in [0.1, 0.15) is 18.3 Å². The molecule has 0 spiro atoms. The molecule has 1 aliphatic heterocycles. The summed E-state index contributed by atoms with van der Waals surface area (Å²) in [5.74, 6) is -0.260. The molecule has 0 saturated carbocycles. The highest BCUT2D eigenvalue weighted by molar-refractivity contribution is 5.93. The van der Waals surface area contributed by atoms with Crippen LogP contribution in [0.3, 0.4) is 0 Å². The maximum Gasteiger partial charge on any atom is 0.338 e. The number of hydrogen-bond donors (Lipinski definition) is 1. The molecular weight excluding hydrogens is 400 g/mol. The van der Waals surface area contributed by atoms with Crippen molar-refractivity contribution in [2.45, 2.75) is 26.3 Å². The van der Waals surface area contributed by atoms with Crippen molar-refractivity contribution in [1.29, 1.82) is 0 Å². The number of ether oxygens (including phenoxy) is 1. The van der Waals surface area contributed by atoms with Gasteiger partial charge in [0.2, 0.25) is 11.9 Å². The SMILES string of the molecule is CCOC(=O)c1ccc(NC(=O)Cn2cnc3nc(N4CCCC4)ncc3c2=O)cc1. The highest BCUT2D eigenvalue weighted by atomic mass is 16.5. The van der Waals surface area contributed by atoms with Gasteiger partial charge < -0.3 is 15.0 Å². The number of fused-ring (bicyclic) bond motifs is 1. The number of anilines is 2. The minimum absolute atomic E-state index is 0.213. The first-order valence-electron chi connectivity index (χ1n) is 10.1. The fraction of sp³-hybridized carbons (Fsp3) is 0.333. The first-order chi connectivity index (χ1) is 15.0. The normalized spacial score (nSPS) is 13.4. The van der Waals surface area contributed by atoms with Gasteiger partial charge in [-0.15, -0.1) is 0 Å². The van der Waals surface area contributed by atoms with Crippen LogP contribution in [0.2, 0.25) is 0 Å². The van der Waals surface area contributed by atoms with Crippen molar-refractivity contribution in [2.24, 2.45) is 0 Å². The number of carbonyl (C=O) groups is 2. The lowest BCUT2D eigenvalue weighted by Crippen LogP contribution is -2.28. The first-order valence-corrected chi connectivity index (χ1v) is 10.1. The molecule has 1 amide bonds. The van der Waals surface area contributed by atoms with Crippen LogP contribution in [0.1, 0.15) is 30.1 Å². The summed E-state index contributed by atoms with van der Waals surface area (Å²) in [6.45, 7) is 3.59. The molecular formula is C21H22N6O4. The maximum atomic E-state index is 12.7. The Morgan fingerprint density at radius 2 is 1.87 bits per heavy atom. The summed E-state index contributed by atoms with van der Waals surface area (Å²) in [6.07, 6.45) is 4.97. The number of hydrogen-bond acceptors (Lipinski definition) is 8. The Bertz CT molecular complexity index is 1170. The van der Waals surface area contributed by atoms with Crippen LogP contribution in [-0.2, 0) is 16.1 Å². The van der Waals surface area contributed by atoms with E-state index >= 15 is 0 Å². The van der Waals surface area contributed by atoms with Gasteiger partial charge in [-0.3, -0.25) is 14.2 Å². The molecule has 0 radical (unpaired) electrons. The molecule has 1 N–H and O–H groups in total. The van der Waals surface area contributed by atoms with Crippen LogP contribution >= 0.6 is 0 Å². The van der Waals surface area contributed by atoms with Gasteiger partial charge in [0.05, 0.1) is 12.2 Å². The summed E-state index contributed by atoms with van der Waals surface area (Å²) >= 11 is 0. The number of benzene rings is 1. The molecule has 10 nitrogen and oxygen atoms in total. The molecule has 4 rings (SSSR count). The summed E-state index contributed by atoms with van der Waals surface area (Å²) in [7, 11) is 0. The van der Waals surface area contributed by atoms with Crippen molar-refractivity contribution in [3.63, 3.8) is 0 Å². The van der Waals surface area contributed by atoms with Crippen molar-refractivity contribution in [3.8, 4) is 0 Å². The maximum absolute atomic E-state index is 12.7. The largest absolute Gasteiger partial charge is 0.462 e. The van der Waals surface area contributed by atoms with Crippen LogP contribution in [0.4, 0.5) is 11.6 Å². The van der Waals surface area contributed by atoms with Crippen molar-refractivity contribution >= 4 is 34.5 Å². The van der Waals surface area contributed by atoms with E-state index in [1.54, 1.807) is 31.2 Å². The molecule has 0 atom stereocenters. The Hall–Kier alpha value is -3.82. The minimum atomic E-state index is -0.427. The van der Waals surface area contributed by atoms with Gasteiger partial charge >= 0.3 is 5.97 Å². The van der Waals surface area contributed by atoms with Crippen LogP contribution in [-0.4, -0.2) is 51.1 Å². The summed E-state index contributed by atoms with van der Waals surface area (Å²) in [5.41, 5.74) is 0.820. The third-order valence-electron chi connectivity index (χ3n) is 4.95. The van der Waals surface area contributed by atoms with Crippen molar-refractivity contribution < 1.29 is 14.3 Å². The lowest BCUT2D eigenvalue weighted by molar-refractivity contribution is -0.116. The Morgan fingerprint density at radius 3 is 2.58 bits per heavy atom. The fourth-order valence-electron chi connectivity index (χ4n) is 3.39. The molecule has 0 bridgehead atoms. The van der Waals surface area contributed by atoms with Crippen LogP contribution < -0.4 is 15.8 Å². The van der Waals surface area contributed by atoms with E-state index in [9.17, 15) is 14.4 Å². The number of aromatic nitrogens is 4. The summed E-state index contributed by atoms with van der Waals surface area (Å²) < 4.78 is 6.14. The third-order valence-corrected chi connectivity index (χ3v) is 4.95. The van der Waals surface area contributed by atoms with E-state index in [0.717, 1.165) is 25.9 Å². The molecule has 31 heavy (non-hydrogen) atoms. The van der Waals surface area contributed by atoms with Crippen LogP contribution in [0.5, 0.6) is 0 Å². The van der Waals surface area contributed by atoms with Crippen LogP contribution in [0.15, 0.2) is 41.6 Å². The Morgan fingerprint density at radius 1 is 1.13 bits per heavy atom. The smallest absolute Gasteiger partial charge is 0.338 e. The van der Waals surface area contributed by atoms with E-state index in [1.807, 2.05) is 0 Å². The topological polar surface area (TPSA) is 119 Å². The lowest BCUT2D eigenvalue weighted by Gasteiger charge is -2.14. The average Bonchev–Trinajstić information content (AvgIpc) is 3.31. The molecule has 3 aromatic rings. The number of esters is 1. The monoisotopic (exact) mass is 422 g/mol. The van der Waals surface area contributed by atoms with E-state index in [0.29, 0.717) is 22.8 Å². The highest BCUT2D eigenvalue weighted by Gasteiger charge is 2.17. The predicted molar refractivity (Wildman–Crippen MR) is 114 cm³/mol. The molecule has 1 aromatic carbocycles. The molecule has 3 heterocycles. The fourth-order valence-corrected chi connectivity index (χ4v) is 3.39. The predicted octanol–water partition coefficient (Wildman–Crippen LogP) is 1.60. The zero-order valence-electron chi connectivity index (χ0n) is 17.1. The van der Waals surface area contributed by atoms with Gasteiger partial charge in [-0.05, 0) is 44.0 Å². The van der Waals surface area contributed by atoms with E-state index in [4.69, 9.17) is 4.74 Å². The molecule has 160 valence electrons. The number of nitrogens with zero attached hydrogens (tertiary/aromatic N) is 5. The zero-order chi connectivity index (χ0) is 21.8. The van der Waals surface area contributed by atoms with Gasteiger partial charge in [-0.25, -0.2) is 14.8 Å². The quantitative estimate of drug-likeness (QED) is 0.595. The van der Waals surface area contributed by atoms with E-state index in [1.165, 1.54) is 17.1 Å². The molecule has 1 saturated heterocycles. The second-order valence-electron chi connectivity index (χ2n) is 7.13. The van der Waals surface area contributed by atoms with E-state index in [-0.39, 0.29) is 24.1 Å². The molecule has 10 heteroatoms. The van der Waals surface area contributed by atoms with Gasteiger partial charge in [0.15, 0.2) is 5.65 Å². The standard InChI is InChI=1S/C21H22N6O4/c1-2-31-20(30)14-5-7-15(8-6-14)24-17(28)12-27-13-23-18-16(19(27)29)11-22-21(25-18)26-9-3-4-10-26/h5-8,11,13H,2-4,9-10,12H2,1H3,(H,24,28). The molecule has 0 aliphatic carbocycles. The molecule has 1 aliphatic rings.